The van der Waals surface area contributed by atoms with Gasteiger partial charge in [-0.3, -0.25) is 15.0 Å². The van der Waals surface area contributed by atoms with Crippen LogP contribution in [0.25, 0.3) is 0 Å². The molecule has 0 atom stereocenters. The van der Waals surface area contributed by atoms with E-state index in [0.29, 0.717) is 6.42 Å². The number of nitrogens with zero attached hydrogens (tertiary/aromatic N) is 3. The van der Waals surface area contributed by atoms with Crippen LogP contribution in [-0.4, -0.2) is 31.9 Å². The lowest BCUT2D eigenvalue weighted by Gasteiger charge is -2.02. The van der Waals surface area contributed by atoms with E-state index >= 15 is 0 Å². The van der Waals surface area contributed by atoms with Gasteiger partial charge in [0.1, 0.15) is 12.7 Å². The third kappa shape index (κ3) is 3.65. The predicted octanol–water partition coefficient (Wildman–Crippen LogP) is -0.397. The Hall–Kier alpha value is -1.92. The quantitative estimate of drug-likeness (QED) is 0.671. The van der Waals surface area contributed by atoms with Crippen LogP contribution in [0, 0.1) is 0 Å². The number of carbonyl (C=O) groups excluding carboxylic acids is 1. The van der Waals surface area contributed by atoms with Crippen molar-refractivity contribution in [3.8, 4) is 0 Å². The van der Waals surface area contributed by atoms with E-state index in [2.05, 4.69) is 15.6 Å². The molecular formula is C7H10N4O3. The number of rotatable bonds is 5. The summed E-state index contributed by atoms with van der Waals surface area (Å²) >= 11 is 0. The Morgan fingerprint density at radius 3 is 2.50 bits per heavy atom. The molecule has 0 bridgehead atoms. The molecule has 0 saturated carbocycles. The second kappa shape index (κ2) is 4.95. The van der Waals surface area contributed by atoms with E-state index in [1.165, 1.54) is 17.3 Å². The van der Waals surface area contributed by atoms with Gasteiger partial charge in [-0.25, -0.2) is 4.68 Å². The van der Waals surface area contributed by atoms with Gasteiger partial charge in [-0.1, -0.05) is 0 Å². The van der Waals surface area contributed by atoms with Gasteiger partial charge in [0.2, 0.25) is 5.91 Å². The molecule has 0 fully saturated rings. The summed E-state index contributed by atoms with van der Waals surface area (Å²) in [6.45, 7) is 0. The molecule has 0 spiro atoms. The van der Waals surface area contributed by atoms with Gasteiger partial charge < -0.3 is 5.11 Å². The molecule has 2 N–H and O–H groups in total. The molecule has 0 aliphatic heterocycles. The largest absolute Gasteiger partial charge is 0.481 e. The van der Waals surface area contributed by atoms with Crippen molar-refractivity contribution in [2.75, 3.05) is 5.43 Å². The minimum atomic E-state index is -0.901. The molecule has 1 aromatic heterocycles. The SMILES string of the molecule is O=C(O)CCCC(=O)Nn1cnnc1. The van der Waals surface area contributed by atoms with Crippen LogP contribution in [0.2, 0.25) is 0 Å². The highest BCUT2D eigenvalue weighted by Gasteiger charge is 2.03. The van der Waals surface area contributed by atoms with Crippen LogP contribution in [-0.2, 0) is 9.59 Å². The zero-order chi connectivity index (χ0) is 10.4. The fourth-order valence-electron chi connectivity index (χ4n) is 0.859. The molecule has 7 nitrogen and oxygen atoms in total. The number of hydrogen-bond acceptors (Lipinski definition) is 4. The second-order valence-corrected chi connectivity index (χ2v) is 2.65. The molecule has 0 aliphatic carbocycles. The summed E-state index contributed by atoms with van der Waals surface area (Å²) in [5, 5.41) is 15.3. The number of carboxylic acid groups (broad SMARTS) is 1. The Bertz CT molecular complexity index is 309. The van der Waals surface area contributed by atoms with E-state index in [0.717, 1.165) is 0 Å². The van der Waals surface area contributed by atoms with Crippen molar-refractivity contribution < 1.29 is 14.7 Å². The van der Waals surface area contributed by atoms with Gasteiger partial charge in [-0.2, -0.15) is 0 Å². The van der Waals surface area contributed by atoms with Gasteiger partial charge >= 0.3 is 5.97 Å². The summed E-state index contributed by atoms with van der Waals surface area (Å²) in [6, 6.07) is 0. The van der Waals surface area contributed by atoms with Crippen molar-refractivity contribution in [2.24, 2.45) is 0 Å². The number of aliphatic carboxylic acids is 1. The first-order valence-electron chi connectivity index (χ1n) is 4.05. The monoisotopic (exact) mass is 198 g/mol. The van der Waals surface area contributed by atoms with Crippen LogP contribution in [0.15, 0.2) is 12.7 Å². The molecule has 1 heterocycles. The highest BCUT2D eigenvalue weighted by molar-refractivity contribution is 5.83. The minimum Gasteiger partial charge on any atom is -0.481 e. The zero-order valence-corrected chi connectivity index (χ0v) is 7.38. The van der Waals surface area contributed by atoms with Crippen LogP contribution in [0.4, 0.5) is 0 Å². The third-order valence-corrected chi connectivity index (χ3v) is 1.47. The minimum absolute atomic E-state index is 0.00437. The highest BCUT2D eigenvalue weighted by atomic mass is 16.4. The molecule has 1 aromatic rings. The molecule has 0 aromatic carbocycles. The normalized spacial score (nSPS) is 9.71. The van der Waals surface area contributed by atoms with Crippen molar-refractivity contribution in [2.45, 2.75) is 19.3 Å². The van der Waals surface area contributed by atoms with Crippen LogP contribution >= 0.6 is 0 Å². The molecule has 0 radical (unpaired) electrons. The fraction of sp³-hybridized carbons (Fsp3) is 0.429. The molecule has 0 saturated heterocycles. The van der Waals surface area contributed by atoms with Crippen LogP contribution in [0.3, 0.4) is 0 Å². The van der Waals surface area contributed by atoms with Gasteiger partial charge in [-0.05, 0) is 6.42 Å². The van der Waals surface area contributed by atoms with E-state index < -0.39 is 5.97 Å². The van der Waals surface area contributed by atoms with E-state index in [9.17, 15) is 9.59 Å². The molecule has 76 valence electrons. The number of carbonyl (C=O) groups is 2. The van der Waals surface area contributed by atoms with Crippen molar-refractivity contribution in [3.05, 3.63) is 12.7 Å². The maximum atomic E-state index is 11.1. The summed E-state index contributed by atoms with van der Waals surface area (Å²) in [7, 11) is 0. The first-order valence-corrected chi connectivity index (χ1v) is 4.05. The first kappa shape index (κ1) is 10.2. The summed E-state index contributed by atoms with van der Waals surface area (Å²) < 4.78 is 1.31. The third-order valence-electron chi connectivity index (χ3n) is 1.47. The van der Waals surface area contributed by atoms with Gasteiger partial charge in [0.25, 0.3) is 0 Å². The van der Waals surface area contributed by atoms with E-state index in [1.807, 2.05) is 0 Å². The smallest absolute Gasteiger partial charge is 0.303 e. The Morgan fingerprint density at radius 1 is 1.29 bits per heavy atom. The van der Waals surface area contributed by atoms with Gasteiger partial charge in [-0.15, -0.1) is 10.2 Å². The number of nitrogens with one attached hydrogen (secondary N) is 1. The maximum absolute atomic E-state index is 11.1. The first-order chi connectivity index (χ1) is 6.68. The average molecular weight is 198 g/mol. The highest BCUT2D eigenvalue weighted by Crippen LogP contribution is 1.95. The fourth-order valence-corrected chi connectivity index (χ4v) is 0.859. The number of aromatic nitrogens is 3. The predicted molar refractivity (Wildman–Crippen MR) is 45.9 cm³/mol. The molecule has 1 rings (SSSR count). The lowest BCUT2D eigenvalue weighted by Crippen LogP contribution is -2.21. The van der Waals surface area contributed by atoms with Crippen molar-refractivity contribution in [3.63, 3.8) is 0 Å². The topological polar surface area (TPSA) is 97.1 Å². The number of hydrogen-bond donors (Lipinski definition) is 2. The standard InChI is InChI=1S/C7H10N4O3/c12-6(2-1-3-7(13)14)10-11-4-8-9-5-11/h4-5H,1-3H2,(H,10,12)(H,13,14). The van der Waals surface area contributed by atoms with Crippen LogP contribution < -0.4 is 5.43 Å². The van der Waals surface area contributed by atoms with Crippen LogP contribution in [0.1, 0.15) is 19.3 Å². The zero-order valence-electron chi connectivity index (χ0n) is 7.38. The van der Waals surface area contributed by atoms with E-state index in [4.69, 9.17) is 5.11 Å². The molecule has 7 heteroatoms. The average Bonchev–Trinajstić information content (AvgIpc) is 2.56. The Labute approximate surface area is 79.7 Å². The summed E-state index contributed by atoms with van der Waals surface area (Å²) in [6.07, 6.45) is 3.17. The molecular weight excluding hydrogens is 188 g/mol. The van der Waals surface area contributed by atoms with Crippen molar-refractivity contribution in [1.29, 1.82) is 0 Å². The van der Waals surface area contributed by atoms with Crippen LogP contribution in [0.5, 0.6) is 0 Å². The Morgan fingerprint density at radius 2 is 1.93 bits per heavy atom. The van der Waals surface area contributed by atoms with Gasteiger partial charge in [0, 0.05) is 12.8 Å². The molecule has 0 unspecified atom stereocenters. The van der Waals surface area contributed by atoms with E-state index in [-0.39, 0.29) is 18.7 Å². The maximum Gasteiger partial charge on any atom is 0.303 e. The molecule has 0 aliphatic rings. The van der Waals surface area contributed by atoms with E-state index in [1.54, 1.807) is 0 Å². The van der Waals surface area contributed by atoms with Crippen molar-refractivity contribution in [1.82, 2.24) is 14.9 Å². The van der Waals surface area contributed by atoms with Crippen molar-refractivity contribution >= 4 is 11.9 Å². The number of carboxylic acids is 1. The Balaban J connectivity index is 2.20. The molecule has 14 heavy (non-hydrogen) atoms. The summed E-state index contributed by atoms with van der Waals surface area (Å²) in [5.74, 6) is -1.16. The van der Waals surface area contributed by atoms with Gasteiger partial charge in [0.05, 0.1) is 0 Å². The second-order valence-electron chi connectivity index (χ2n) is 2.65. The number of amides is 1. The lowest BCUT2D eigenvalue weighted by atomic mass is 10.2. The summed E-state index contributed by atoms with van der Waals surface area (Å²) in [4.78, 5) is 21.3. The lowest BCUT2D eigenvalue weighted by molar-refractivity contribution is -0.137. The molecule has 1 amide bonds. The summed E-state index contributed by atoms with van der Waals surface area (Å²) in [5.41, 5.74) is 2.46. The van der Waals surface area contributed by atoms with Gasteiger partial charge in [0.15, 0.2) is 0 Å². The Kier molecular flexibility index (Phi) is 3.59.